The van der Waals surface area contributed by atoms with Gasteiger partial charge in [-0.05, 0) is 28.1 Å². The van der Waals surface area contributed by atoms with Gasteiger partial charge < -0.3 is 4.74 Å². The highest BCUT2D eigenvalue weighted by Gasteiger charge is 2.12. The zero-order chi connectivity index (χ0) is 11.7. The van der Waals surface area contributed by atoms with Gasteiger partial charge in [0.1, 0.15) is 0 Å². The van der Waals surface area contributed by atoms with Crippen LogP contribution in [0, 0.1) is 0 Å². The van der Waals surface area contributed by atoms with Crippen LogP contribution in [0.1, 0.15) is 17.5 Å². The van der Waals surface area contributed by atoms with Gasteiger partial charge in [0, 0.05) is 11.4 Å². The monoisotopic (exact) mass is 280 g/mol. The lowest BCUT2D eigenvalue weighted by atomic mass is 10.2. The molecule has 0 saturated heterocycles. The largest absolute Gasteiger partial charge is 0.480 e. The number of nitrogens with zero attached hydrogens (tertiary/aromatic N) is 2. The number of benzene rings is 1. The van der Waals surface area contributed by atoms with E-state index in [1.165, 1.54) is 14.0 Å². The van der Waals surface area contributed by atoms with Crippen LogP contribution >= 0.6 is 15.9 Å². The number of methoxy groups -OCH3 is 1. The highest BCUT2D eigenvalue weighted by molar-refractivity contribution is 9.10. The van der Waals surface area contributed by atoms with Crippen molar-refractivity contribution in [1.82, 2.24) is 9.97 Å². The number of ether oxygens (including phenoxy) is 1. The molecule has 0 aliphatic heterocycles. The van der Waals surface area contributed by atoms with Gasteiger partial charge in [-0.3, -0.25) is 4.79 Å². The topological polar surface area (TPSA) is 52.1 Å². The summed E-state index contributed by atoms with van der Waals surface area (Å²) >= 11 is 3.39. The molecule has 2 aromatic rings. The first-order valence-corrected chi connectivity index (χ1v) is 5.44. The number of hydrogen-bond acceptors (Lipinski definition) is 4. The van der Waals surface area contributed by atoms with Crippen LogP contribution in [0.4, 0.5) is 0 Å². The molecule has 0 aliphatic rings. The van der Waals surface area contributed by atoms with Gasteiger partial charge in [-0.1, -0.05) is 6.07 Å². The Hall–Kier alpha value is -1.49. The summed E-state index contributed by atoms with van der Waals surface area (Å²) < 4.78 is 5.96. The Morgan fingerprint density at radius 3 is 2.75 bits per heavy atom. The number of hydrogen-bond donors (Lipinski definition) is 0. The summed E-state index contributed by atoms with van der Waals surface area (Å²) in [7, 11) is 1.52. The first kappa shape index (κ1) is 11.0. The highest BCUT2D eigenvalue weighted by Crippen LogP contribution is 2.27. The van der Waals surface area contributed by atoms with E-state index in [1.807, 2.05) is 18.2 Å². The minimum Gasteiger partial charge on any atom is -0.480 e. The van der Waals surface area contributed by atoms with Gasteiger partial charge in [-0.15, -0.1) is 0 Å². The fourth-order valence-electron chi connectivity index (χ4n) is 1.40. The first-order chi connectivity index (χ1) is 7.63. The number of aromatic nitrogens is 2. The summed E-state index contributed by atoms with van der Waals surface area (Å²) in [5.41, 5.74) is 0.680. The predicted octanol–water partition coefficient (Wildman–Crippen LogP) is 2.60. The smallest absolute Gasteiger partial charge is 0.224 e. The molecule has 0 radical (unpaired) electrons. The van der Waals surface area contributed by atoms with Gasteiger partial charge in [0.05, 0.1) is 18.0 Å². The molecular formula is C11H9BrN2O2. The van der Waals surface area contributed by atoms with E-state index in [0.717, 1.165) is 9.86 Å². The van der Waals surface area contributed by atoms with Crippen LogP contribution in [0.25, 0.3) is 10.9 Å². The minimum absolute atomic E-state index is 0.163. The summed E-state index contributed by atoms with van der Waals surface area (Å²) in [6.07, 6.45) is 0. The van der Waals surface area contributed by atoms with Gasteiger partial charge in [0.2, 0.25) is 5.88 Å². The summed E-state index contributed by atoms with van der Waals surface area (Å²) in [6.45, 7) is 1.43. The number of para-hydroxylation sites is 1. The maximum absolute atomic E-state index is 11.3. The Morgan fingerprint density at radius 2 is 2.12 bits per heavy atom. The van der Waals surface area contributed by atoms with Gasteiger partial charge in [-0.2, -0.15) is 4.98 Å². The molecule has 0 fully saturated rings. The second-order valence-electron chi connectivity index (χ2n) is 3.25. The number of carbonyl (C=O) groups is 1. The summed E-state index contributed by atoms with van der Waals surface area (Å²) in [6, 6.07) is 5.58. The lowest BCUT2D eigenvalue weighted by Crippen LogP contribution is -2.03. The molecule has 0 unspecified atom stereocenters. The summed E-state index contributed by atoms with van der Waals surface area (Å²) in [4.78, 5) is 19.5. The Kier molecular flexibility index (Phi) is 2.87. The van der Waals surface area contributed by atoms with Crippen molar-refractivity contribution in [2.75, 3.05) is 7.11 Å². The molecule has 0 N–H and O–H groups in total. The van der Waals surface area contributed by atoms with Crippen LogP contribution in [-0.4, -0.2) is 22.9 Å². The Morgan fingerprint density at radius 1 is 1.38 bits per heavy atom. The molecular weight excluding hydrogens is 272 g/mol. The van der Waals surface area contributed by atoms with E-state index in [1.54, 1.807) is 0 Å². The Labute approximate surface area is 101 Å². The minimum atomic E-state index is -0.184. The highest BCUT2D eigenvalue weighted by atomic mass is 79.9. The SMILES string of the molecule is COc1nc(C(C)=O)nc2c(Br)cccc12. The van der Waals surface area contributed by atoms with E-state index >= 15 is 0 Å². The lowest BCUT2D eigenvalue weighted by Gasteiger charge is -2.06. The van der Waals surface area contributed by atoms with E-state index in [2.05, 4.69) is 25.9 Å². The van der Waals surface area contributed by atoms with E-state index in [0.29, 0.717) is 11.4 Å². The van der Waals surface area contributed by atoms with Gasteiger partial charge >= 0.3 is 0 Å². The second kappa shape index (κ2) is 4.17. The second-order valence-corrected chi connectivity index (χ2v) is 4.10. The quantitative estimate of drug-likeness (QED) is 0.794. The lowest BCUT2D eigenvalue weighted by molar-refractivity contribution is 0.100. The average molecular weight is 281 g/mol. The Balaban J connectivity index is 2.84. The molecule has 0 saturated carbocycles. The van der Waals surface area contributed by atoms with Crippen molar-refractivity contribution in [2.45, 2.75) is 6.92 Å². The summed E-state index contributed by atoms with van der Waals surface area (Å²) in [5.74, 6) is 0.392. The molecule has 0 aliphatic carbocycles. The molecule has 1 heterocycles. The van der Waals surface area contributed by atoms with Gasteiger partial charge in [-0.25, -0.2) is 4.98 Å². The number of Topliss-reactive ketones (excluding diaryl/α,β-unsaturated/α-hetero) is 1. The van der Waals surface area contributed by atoms with Crippen molar-refractivity contribution < 1.29 is 9.53 Å². The van der Waals surface area contributed by atoms with Crippen LogP contribution in [0.3, 0.4) is 0 Å². The fourth-order valence-corrected chi connectivity index (χ4v) is 1.86. The molecule has 82 valence electrons. The number of carbonyl (C=O) groups excluding carboxylic acids is 1. The standard InChI is InChI=1S/C11H9BrN2O2/c1-6(15)10-13-9-7(11(14-10)16-2)4-3-5-8(9)12/h3-5H,1-2H3. The van der Waals surface area contributed by atoms with Crippen LogP contribution in [0.5, 0.6) is 5.88 Å². The third-order valence-electron chi connectivity index (χ3n) is 2.15. The van der Waals surface area contributed by atoms with Crippen molar-refractivity contribution in [3.63, 3.8) is 0 Å². The van der Waals surface area contributed by atoms with Crippen LogP contribution in [0.15, 0.2) is 22.7 Å². The van der Waals surface area contributed by atoms with Crippen LogP contribution in [-0.2, 0) is 0 Å². The van der Waals surface area contributed by atoms with E-state index in [-0.39, 0.29) is 11.6 Å². The van der Waals surface area contributed by atoms with E-state index < -0.39 is 0 Å². The van der Waals surface area contributed by atoms with Crippen molar-refractivity contribution in [3.05, 3.63) is 28.5 Å². The molecule has 5 heteroatoms. The fraction of sp³-hybridized carbons (Fsp3) is 0.182. The number of halogens is 1. The van der Waals surface area contributed by atoms with Crippen LogP contribution < -0.4 is 4.74 Å². The predicted molar refractivity (Wildman–Crippen MR) is 63.8 cm³/mol. The molecule has 4 nitrogen and oxygen atoms in total. The number of rotatable bonds is 2. The van der Waals surface area contributed by atoms with Crippen molar-refractivity contribution in [2.24, 2.45) is 0 Å². The maximum atomic E-state index is 11.3. The molecule has 0 atom stereocenters. The zero-order valence-electron chi connectivity index (χ0n) is 8.82. The van der Waals surface area contributed by atoms with Crippen molar-refractivity contribution in [3.8, 4) is 5.88 Å². The van der Waals surface area contributed by atoms with E-state index in [4.69, 9.17) is 4.74 Å². The van der Waals surface area contributed by atoms with Gasteiger partial charge in [0.15, 0.2) is 11.6 Å². The molecule has 0 spiro atoms. The van der Waals surface area contributed by atoms with Crippen LogP contribution in [0.2, 0.25) is 0 Å². The van der Waals surface area contributed by atoms with E-state index in [9.17, 15) is 4.79 Å². The molecule has 16 heavy (non-hydrogen) atoms. The molecule has 0 bridgehead atoms. The molecule has 1 aromatic heterocycles. The number of fused-ring (bicyclic) bond motifs is 1. The third-order valence-corrected chi connectivity index (χ3v) is 2.79. The van der Waals surface area contributed by atoms with Crippen molar-refractivity contribution in [1.29, 1.82) is 0 Å². The third kappa shape index (κ3) is 1.78. The molecule has 1 aromatic carbocycles. The van der Waals surface area contributed by atoms with Crippen molar-refractivity contribution >= 4 is 32.6 Å². The van der Waals surface area contributed by atoms with Gasteiger partial charge in [0.25, 0.3) is 0 Å². The maximum Gasteiger partial charge on any atom is 0.224 e. The molecule has 0 amide bonds. The average Bonchev–Trinajstić information content (AvgIpc) is 2.28. The Bertz CT molecular complexity index is 569. The number of ketones is 1. The molecule has 2 rings (SSSR count). The normalized spacial score (nSPS) is 10.4. The zero-order valence-corrected chi connectivity index (χ0v) is 10.4. The first-order valence-electron chi connectivity index (χ1n) is 4.64. The summed E-state index contributed by atoms with van der Waals surface area (Å²) in [5, 5.41) is 0.780.